The normalized spacial score (nSPS) is 11.3. The standard InChI is InChI=1S/C7H11I3O2/c1-2-3-4-7(9,10)5(8)6(11)12/h11-12H,2-4H2,1H3. The summed E-state index contributed by atoms with van der Waals surface area (Å²) in [5.41, 5.74) is 0. The molecule has 0 heterocycles. The van der Waals surface area contributed by atoms with Crippen LogP contribution < -0.4 is 0 Å². The molecule has 2 N–H and O–H groups in total. The Hall–Kier alpha value is 1.53. The highest BCUT2D eigenvalue weighted by atomic mass is 127. The number of unbranched alkanes of at least 4 members (excludes halogenated alkanes) is 1. The van der Waals surface area contributed by atoms with Gasteiger partial charge in [-0.1, -0.05) is 64.9 Å². The topological polar surface area (TPSA) is 40.5 Å². The fraction of sp³-hybridized carbons (Fsp3) is 0.714. The number of rotatable bonds is 4. The molecule has 0 amide bonds. The highest BCUT2D eigenvalue weighted by Gasteiger charge is 2.28. The van der Waals surface area contributed by atoms with Gasteiger partial charge in [0.15, 0.2) is 0 Å². The Morgan fingerprint density at radius 2 is 1.83 bits per heavy atom. The molecule has 0 fully saturated rings. The van der Waals surface area contributed by atoms with Crippen molar-refractivity contribution in [3.63, 3.8) is 0 Å². The van der Waals surface area contributed by atoms with Gasteiger partial charge >= 0.3 is 0 Å². The van der Waals surface area contributed by atoms with Crippen molar-refractivity contribution in [2.24, 2.45) is 0 Å². The molecule has 0 rings (SSSR count). The van der Waals surface area contributed by atoms with Gasteiger partial charge in [-0.3, -0.25) is 0 Å². The van der Waals surface area contributed by atoms with E-state index in [1.165, 1.54) is 0 Å². The van der Waals surface area contributed by atoms with Gasteiger partial charge in [0.25, 0.3) is 5.95 Å². The lowest BCUT2D eigenvalue weighted by Gasteiger charge is -2.19. The molecule has 0 aliphatic heterocycles. The fourth-order valence-corrected chi connectivity index (χ4v) is 2.19. The maximum atomic E-state index is 8.87. The van der Waals surface area contributed by atoms with E-state index in [0.717, 1.165) is 19.3 Å². The molecule has 5 heteroatoms. The molecule has 0 saturated carbocycles. The predicted molar refractivity (Wildman–Crippen MR) is 76.6 cm³/mol. The number of halogens is 3. The number of hydrogen-bond donors (Lipinski definition) is 2. The molecule has 0 aromatic carbocycles. The first-order valence-electron chi connectivity index (χ1n) is 3.57. The monoisotopic (exact) mass is 508 g/mol. The molecular weight excluding hydrogens is 497 g/mol. The van der Waals surface area contributed by atoms with Crippen molar-refractivity contribution in [1.29, 1.82) is 0 Å². The smallest absolute Gasteiger partial charge is 0.286 e. The maximum Gasteiger partial charge on any atom is 0.286 e. The Kier molecular flexibility index (Phi) is 6.87. The van der Waals surface area contributed by atoms with Crippen LogP contribution in [0.4, 0.5) is 0 Å². The molecule has 0 atom stereocenters. The SMILES string of the molecule is CCCCC(I)(I)C(I)=C(O)O. The van der Waals surface area contributed by atoms with E-state index < -0.39 is 5.95 Å². The van der Waals surface area contributed by atoms with E-state index in [9.17, 15) is 0 Å². The molecule has 0 spiro atoms. The molecule has 0 unspecified atom stereocenters. The molecule has 0 bridgehead atoms. The van der Waals surface area contributed by atoms with Crippen molar-refractivity contribution >= 4 is 67.8 Å². The average Bonchev–Trinajstić information content (AvgIpc) is 1.99. The van der Waals surface area contributed by atoms with E-state index in [1.807, 2.05) is 22.6 Å². The van der Waals surface area contributed by atoms with Crippen LogP contribution in [0.2, 0.25) is 0 Å². The van der Waals surface area contributed by atoms with E-state index in [4.69, 9.17) is 10.2 Å². The van der Waals surface area contributed by atoms with Gasteiger partial charge in [0.1, 0.15) is 1.43 Å². The second-order valence-electron chi connectivity index (χ2n) is 2.45. The molecule has 0 saturated heterocycles. The number of hydrogen-bond acceptors (Lipinski definition) is 2. The molecule has 0 aromatic rings. The largest absolute Gasteiger partial charge is 0.481 e. The van der Waals surface area contributed by atoms with Crippen molar-refractivity contribution in [3.05, 3.63) is 9.53 Å². The first-order chi connectivity index (χ1) is 5.41. The number of aliphatic hydroxyl groups is 2. The predicted octanol–water partition coefficient (Wildman–Crippen LogP) is 4.46. The Morgan fingerprint density at radius 1 is 1.33 bits per heavy atom. The highest BCUT2D eigenvalue weighted by molar-refractivity contribution is 14.2. The number of allylic oxidation sites excluding steroid dienone is 1. The van der Waals surface area contributed by atoms with Crippen molar-refractivity contribution in [3.8, 4) is 0 Å². The summed E-state index contributed by atoms with van der Waals surface area (Å²) in [4.78, 5) is 0. The molecule has 0 aliphatic rings. The van der Waals surface area contributed by atoms with Crippen LogP contribution >= 0.6 is 67.8 Å². The van der Waals surface area contributed by atoms with Crippen LogP contribution in [0.25, 0.3) is 0 Å². The van der Waals surface area contributed by atoms with E-state index >= 15 is 0 Å². The van der Waals surface area contributed by atoms with Gasteiger partial charge in [-0.25, -0.2) is 0 Å². The lowest BCUT2D eigenvalue weighted by Crippen LogP contribution is -2.12. The first kappa shape index (κ1) is 13.5. The summed E-state index contributed by atoms with van der Waals surface area (Å²) in [7, 11) is 0. The summed E-state index contributed by atoms with van der Waals surface area (Å²) in [6.07, 6.45) is 3.20. The zero-order valence-electron chi connectivity index (χ0n) is 6.65. The minimum Gasteiger partial charge on any atom is -0.481 e. The fourth-order valence-electron chi connectivity index (χ4n) is 0.672. The minimum atomic E-state index is -0.546. The Labute approximate surface area is 114 Å². The zero-order chi connectivity index (χ0) is 9.78. The van der Waals surface area contributed by atoms with E-state index in [-0.39, 0.29) is 1.43 Å². The van der Waals surface area contributed by atoms with Crippen LogP contribution in [0, 0.1) is 0 Å². The van der Waals surface area contributed by atoms with Crippen molar-refractivity contribution in [2.75, 3.05) is 0 Å². The third kappa shape index (κ3) is 4.68. The zero-order valence-corrected chi connectivity index (χ0v) is 13.1. The lowest BCUT2D eigenvalue weighted by atomic mass is 10.2. The van der Waals surface area contributed by atoms with Gasteiger partial charge in [0, 0.05) is 0 Å². The molecule has 12 heavy (non-hydrogen) atoms. The molecule has 0 radical (unpaired) electrons. The first-order valence-corrected chi connectivity index (χ1v) is 6.81. The van der Waals surface area contributed by atoms with Gasteiger partial charge < -0.3 is 10.2 Å². The Bertz CT molecular complexity index is 173. The van der Waals surface area contributed by atoms with Crippen molar-refractivity contribution in [2.45, 2.75) is 27.6 Å². The van der Waals surface area contributed by atoms with Crippen LogP contribution in [0.1, 0.15) is 26.2 Å². The lowest BCUT2D eigenvalue weighted by molar-refractivity contribution is 0.188. The molecule has 2 nitrogen and oxygen atoms in total. The van der Waals surface area contributed by atoms with Crippen LogP contribution in [0.5, 0.6) is 0 Å². The van der Waals surface area contributed by atoms with Crippen LogP contribution in [-0.2, 0) is 0 Å². The maximum absolute atomic E-state index is 8.87. The van der Waals surface area contributed by atoms with E-state index in [1.54, 1.807) is 0 Å². The molecular formula is C7H11I3O2. The van der Waals surface area contributed by atoms with Gasteiger partial charge in [-0.05, 0) is 29.0 Å². The summed E-state index contributed by atoms with van der Waals surface area (Å²) in [5, 5.41) is 17.7. The summed E-state index contributed by atoms with van der Waals surface area (Å²) in [5.74, 6) is -0.546. The van der Waals surface area contributed by atoms with Crippen molar-refractivity contribution < 1.29 is 10.2 Å². The molecule has 0 aromatic heterocycles. The van der Waals surface area contributed by atoms with Crippen molar-refractivity contribution in [1.82, 2.24) is 0 Å². The number of aliphatic hydroxyl groups excluding tert-OH is 1. The van der Waals surface area contributed by atoms with E-state index in [2.05, 4.69) is 52.1 Å². The average molecular weight is 508 g/mol. The molecule has 0 aliphatic carbocycles. The van der Waals surface area contributed by atoms with E-state index in [0.29, 0.717) is 3.58 Å². The Balaban J connectivity index is 4.29. The third-order valence-corrected chi connectivity index (χ3v) is 6.99. The van der Waals surface area contributed by atoms with Gasteiger partial charge in [0.2, 0.25) is 0 Å². The summed E-state index contributed by atoms with van der Waals surface area (Å²) in [6, 6.07) is 0. The second kappa shape index (κ2) is 6.10. The van der Waals surface area contributed by atoms with Crippen LogP contribution in [-0.4, -0.2) is 11.6 Å². The summed E-state index contributed by atoms with van der Waals surface area (Å²) >= 11 is 6.46. The van der Waals surface area contributed by atoms with Crippen LogP contribution in [0.3, 0.4) is 0 Å². The summed E-state index contributed by atoms with van der Waals surface area (Å²) < 4.78 is 0.458. The quantitative estimate of drug-likeness (QED) is 0.335. The minimum absolute atomic E-state index is 0.162. The van der Waals surface area contributed by atoms with Gasteiger partial charge in [-0.15, -0.1) is 0 Å². The Morgan fingerprint density at radius 3 is 2.17 bits per heavy atom. The molecule has 72 valence electrons. The number of alkyl halides is 2. The van der Waals surface area contributed by atoms with Crippen LogP contribution in [0.15, 0.2) is 9.53 Å². The van der Waals surface area contributed by atoms with Gasteiger partial charge in [0.05, 0.1) is 3.58 Å². The highest BCUT2D eigenvalue weighted by Crippen LogP contribution is 2.44. The summed E-state index contributed by atoms with van der Waals surface area (Å²) in [6.45, 7) is 2.12. The second-order valence-corrected chi connectivity index (χ2v) is 9.27. The van der Waals surface area contributed by atoms with Gasteiger partial charge in [-0.2, -0.15) is 0 Å². The third-order valence-electron chi connectivity index (χ3n) is 1.36.